The van der Waals surface area contributed by atoms with Gasteiger partial charge in [-0.15, -0.1) is 0 Å². The molecular formula is C15H17N3O2. The van der Waals surface area contributed by atoms with Gasteiger partial charge in [0.25, 0.3) is 0 Å². The molecule has 2 amide bonds. The van der Waals surface area contributed by atoms with Gasteiger partial charge < -0.3 is 14.4 Å². The van der Waals surface area contributed by atoms with E-state index in [-0.39, 0.29) is 5.91 Å². The van der Waals surface area contributed by atoms with Crippen molar-refractivity contribution in [3.63, 3.8) is 0 Å². The number of fused-ring (bicyclic) bond motifs is 1. The number of para-hydroxylation sites is 1. The summed E-state index contributed by atoms with van der Waals surface area (Å²) >= 11 is 0. The quantitative estimate of drug-likeness (QED) is 0.769. The van der Waals surface area contributed by atoms with Gasteiger partial charge in [0, 0.05) is 49.8 Å². The number of benzene rings is 1. The minimum absolute atomic E-state index is 0.0281. The average Bonchev–Trinajstić information content (AvgIpc) is 2.79. The van der Waals surface area contributed by atoms with Gasteiger partial charge in [-0.25, -0.2) is 0 Å². The Hall–Kier alpha value is -2.30. The summed E-state index contributed by atoms with van der Waals surface area (Å²) in [6.45, 7) is 1.15. The van der Waals surface area contributed by atoms with E-state index in [2.05, 4.69) is 0 Å². The first kappa shape index (κ1) is 12.7. The Balaban J connectivity index is 2.17. The van der Waals surface area contributed by atoms with Gasteiger partial charge in [-0.3, -0.25) is 9.59 Å². The standard InChI is InChI=1S/C15H17N3O2/c1-16-7-8-18(10-19)14(15(16)20)12-9-17(2)13-6-4-3-5-11(12)13/h3-6,9-10,14H,7-8H2,1-2H3. The van der Waals surface area contributed by atoms with Crippen LogP contribution in [0.2, 0.25) is 0 Å². The second kappa shape index (κ2) is 4.67. The number of likely N-dealkylation sites (N-methyl/N-ethyl adjacent to an activating group) is 1. The summed E-state index contributed by atoms with van der Waals surface area (Å²) in [6, 6.07) is 7.42. The SMILES string of the molecule is CN1CCN(C=O)C(c2cn(C)c3ccccc23)C1=O. The molecule has 2 aromatic rings. The van der Waals surface area contributed by atoms with Crippen LogP contribution in [0, 0.1) is 0 Å². The number of aryl methyl sites for hydroxylation is 1. The zero-order chi connectivity index (χ0) is 14.3. The van der Waals surface area contributed by atoms with Crippen LogP contribution in [0.3, 0.4) is 0 Å². The summed E-state index contributed by atoms with van der Waals surface area (Å²) in [6.07, 6.45) is 2.72. The van der Waals surface area contributed by atoms with E-state index in [1.807, 2.05) is 42.1 Å². The van der Waals surface area contributed by atoms with Crippen LogP contribution in [0.25, 0.3) is 10.9 Å². The molecule has 1 saturated heterocycles. The molecule has 1 aromatic heterocycles. The molecule has 1 aromatic carbocycles. The van der Waals surface area contributed by atoms with Gasteiger partial charge in [-0.05, 0) is 6.07 Å². The first-order chi connectivity index (χ1) is 9.63. The van der Waals surface area contributed by atoms with E-state index in [9.17, 15) is 9.59 Å². The third kappa shape index (κ3) is 1.78. The zero-order valence-corrected chi connectivity index (χ0v) is 11.6. The normalized spacial score (nSPS) is 19.7. The molecule has 1 aliphatic heterocycles. The first-order valence-electron chi connectivity index (χ1n) is 6.63. The zero-order valence-electron chi connectivity index (χ0n) is 11.6. The summed E-state index contributed by atoms with van der Waals surface area (Å²) in [4.78, 5) is 27.0. The van der Waals surface area contributed by atoms with Gasteiger partial charge in [0.1, 0.15) is 6.04 Å². The average molecular weight is 271 g/mol. The number of rotatable bonds is 2. The predicted octanol–water partition coefficient (Wildman–Crippen LogP) is 1.15. The molecule has 1 fully saturated rings. The van der Waals surface area contributed by atoms with Gasteiger partial charge in [0.15, 0.2) is 0 Å². The van der Waals surface area contributed by atoms with Crippen molar-refractivity contribution in [2.24, 2.45) is 7.05 Å². The second-order valence-corrected chi connectivity index (χ2v) is 5.22. The lowest BCUT2D eigenvalue weighted by molar-refractivity contribution is -0.145. The van der Waals surface area contributed by atoms with E-state index in [0.717, 1.165) is 22.9 Å². The number of aromatic nitrogens is 1. The van der Waals surface area contributed by atoms with E-state index in [1.165, 1.54) is 0 Å². The topological polar surface area (TPSA) is 45.5 Å². The third-order valence-electron chi connectivity index (χ3n) is 3.99. The Morgan fingerprint density at radius 3 is 2.70 bits per heavy atom. The molecule has 0 radical (unpaired) electrons. The number of hydrogen-bond acceptors (Lipinski definition) is 2. The fourth-order valence-corrected chi connectivity index (χ4v) is 2.87. The van der Waals surface area contributed by atoms with Crippen LogP contribution >= 0.6 is 0 Å². The van der Waals surface area contributed by atoms with Gasteiger partial charge in [-0.1, -0.05) is 18.2 Å². The van der Waals surface area contributed by atoms with E-state index in [1.54, 1.807) is 16.8 Å². The largest absolute Gasteiger partial charge is 0.350 e. The number of hydrogen-bond donors (Lipinski definition) is 0. The summed E-state index contributed by atoms with van der Waals surface area (Å²) in [7, 11) is 3.73. The predicted molar refractivity (Wildman–Crippen MR) is 76.1 cm³/mol. The Kier molecular flexibility index (Phi) is 2.97. The minimum Gasteiger partial charge on any atom is -0.350 e. The lowest BCUT2D eigenvalue weighted by Gasteiger charge is -2.36. The Morgan fingerprint density at radius 1 is 1.20 bits per heavy atom. The number of amides is 2. The van der Waals surface area contributed by atoms with Gasteiger partial charge in [0.05, 0.1) is 0 Å². The van der Waals surface area contributed by atoms with Crippen molar-refractivity contribution < 1.29 is 9.59 Å². The molecule has 0 bridgehead atoms. The molecule has 0 saturated carbocycles. The summed E-state index contributed by atoms with van der Waals surface area (Å²) in [5.41, 5.74) is 1.96. The number of piperazine rings is 1. The summed E-state index contributed by atoms with van der Waals surface area (Å²) < 4.78 is 2.00. The maximum atomic E-state index is 12.5. The fraction of sp³-hybridized carbons (Fsp3) is 0.333. The summed E-state index contributed by atoms with van der Waals surface area (Å²) in [5.74, 6) is -0.0281. The first-order valence-corrected chi connectivity index (χ1v) is 6.63. The molecule has 0 aliphatic carbocycles. The van der Waals surface area contributed by atoms with Gasteiger partial charge >= 0.3 is 0 Å². The van der Waals surface area contributed by atoms with E-state index < -0.39 is 6.04 Å². The van der Waals surface area contributed by atoms with Crippen molar-refractivity contribution >= 4 is 23.2 Å². The second-order valence-electron chi connectivity index (χ2n) is 5.22. The van der Waals surface area contributed by atoms with Gasteiger partial charge in [-0.2, -0.15) is 0 Å². The Labute approximate surface area is 117 Å². The molecule has 1 unspecified atom stereocenters. The maximum Gasteiger partial charge on any atom is 0.249 e. The van der Waals surface area contributed by atoms with Crippen LogP contribution in [0.5, 0.6) is 0 Å². The van der Waals surface area contributed by atoms with Crippen molar-refractivity contribution in [1.82, 2.24) is 14.4 Å². The van der Waals surface area contributed by atoms with E-state index in [0.29, 0.717) is 13.1 Å². The minimum atomic E-state index is -0.516. The molecular weight excluding hydrogens is 254 g/mol. The van der Waals surface area contributed by atoms with Crippen molar-refractivity contribution in [2.45, 2.75) is 6.04 Å². The molecule has 0 spiro atoms. The smallest absolute Gasteiger partial charge is 0.249 e. The highest BCUT2D eigenvalue weighted by molar-refractivity contribution is 5.93. The van der Waals surface area contributed by atoms with Crippen LogP contribution < -0.4 is 0 Å². The number of carbonyl (C=O) groups excluding carboxylic acids is 2. The molecule has 1 aliphatic rings. The fourth-order valence-electron chi connectivity index (χ4n) is 2.87. The molecule has 3 rings (SSSR count). The van der Waals surface area contributed by atoms with Crippen LogP contribution in [0.1, 0.15) is 11.6 Å². The highest BCUT2D eigenvalue weighted by Gasteiger charge is 2.35. The molecule has 1 atom stereocenters. The molecule has 0 N–H and O–H groups in total. The third-order valence-corrected chi connectivity index (χ3v) is 3.99. The molecule has 5 heteroatoms. The lowest BCUT2D eigenvalue weighted by Crippen LogP contribution is -2.50. The van der Waals surface area contributed by atoms with E-state index in [4.69, 9.17) is 0 Å². The van der Waals surface area contributed by atoms with Crippen LogP contribution in [-0.2, 0) is 16.6 Å². The molecule has 5 nitrogen and oxygen atoms in total. The number of nitrogens with zero attached hydrogens (tertiary/aromatic N) is 3. The Bertz CT molecular complexity index is 677. The molecule has 104 valence electrons. The van der Waals surface area contributed by atoms with Crippen molar-refractivity contribution in [2.75, 3.05) is 20.1 Å². The maximum absolute atomic E-state index is 12.5. The molecule has 2 heterocycles. The Morgan fingerprint density at radius 2 is 1.95 bits per heavy atom. The van der Waals surface area contributed by atoms with Crippen LogP contribution in [0.4, 0.5) is 0 Å². The van der Waals surface area contributed by atoms with Gasteiger partial charge in [0.2, 0.25) is 12.3 Å². The molecule has 20 heavy (non-hydrogen) atoms. The monoisotopic (exact) mass is 271 g/mol. The van der Waals surface area contributed by atoms with Crippen LogP contribution in [0.15, 0.2) is 30.5 Å². The summed E-state index contributed by atoms with van der Waals surface area (Å²) in [5, 5.41) is 1.02. The van der Waals surface area contributed by atoms with E-state index >= 15 is 0 Å². The number of carbonyl (C=O) groups is 2. The van der Waals surface area contributed by atoms with Crippen LogP contribution in [-0.4, -0.2) is 46.8 Å². The lowest BCUT2D eigenvalue weighted by atomic mass is 10.0. The highest BCUT2D eigenvalue weighted by atomic mass is 16.2. The van der Waals surface area contributed by atoms with Crippen molar-refractivity contribution in [1.29, 1.82) is 0 Å². The highest BCUT2D eigenvalue weighted by Crippen LogP contribution is 2.31. The van der Waals surface area contributed by atoms with Crippen molar-refractivity contribution in [3.05, 3.63) is 36.0 Å². The van der Waals surface area contributed by atoms with Crippen molar-refractivity contribution in [3.8, 4) is 0 Å².